The van der Waals surface area contributed by atoms with Gasteiger partial charge in [-0.05, 0) is 38.8 Å². The summed E-state index contributed by atoms with van der Waals surface area (Å²) in [5.41, 5.74) is 3.93. The van der Waals surface area contributed by atoms with E-state index in [1.165, 1.54) is 4.52 Å². The van der Waals surface area contributed by atoms with Crippen molar-refractivity contribution in [2.45, 2.75) is 46.6 Å². The maximum atomic E-state index is 13.2. The van der Waals surface area contributed by atoms with Gasteiger partial charge in [-0.1, -0.05) is 61.4 Å². The van der Waals surface area contributed by atoms with Crippen LogP contribution in [-0.2, 0) is 17.8 Å². The molecular formula is C25H27N5O2. The molecule has 0 unspecified atom stereocenters. The molecule has 7 nitrogen and oxygen atoms in total. The highest BCUT2D eigenvalue weighted by Gasteiger charge is 2.20. The highest BCUT2D eigenvalue weighted by molar-refractivity contribution is 5.90. The number of aromatic nitrogens is 4. The molecule has 2 aromatic heterocycles. The zero-order valence-electron chi connectivity index (χ0n) is 18.6. The Morgan fingerprint density at radius 1 is 1.03 bits per heavy atom. The van der Waals surface area contributed by atoms with E-state index < -0.39 is 0 Å². The van der Waals surface area contributed by atoms with E-state index in [-0.39, 0.29) is 18.0 Å². The molecule has 32 heavy (non-hydrogen) atoms. The molecular weight excluding hydrogens is 402 g/mol. The van der Waals surface area contributed by atoms with Gasteiger partial charge in [0.2, 0.25) is 11.7 Å². The van der Waals surface area contributed by atoms with E-state index in [0.717, 1.165) is 35.3 Å². The summed E-state index contributed by atoms with van der Waals surface area (Å²) >= 11 is 0. The van der Waals surface area contributed by atoms with Gasteiger partial charge in [-0.25, -0.2) is 0 Å². The van der Waals surface area contributed by atoms with E-state index in [0.29, 0.717) is 23.6 Å². The van der Waals surface area contributed by atoms with Gasteiger partial charge in [0.05, 0.1) is 0 Å². The molecule has 0 saturated carbocycles. The number of carbonyl (C=O) groups excluding carboxylic acids is 1. The fourth-order valence-corrected chi connectivity index (χ4v) is 3.73. The third-order valence-corrected chi connectivity index (χ3v) is 5.57. The van der Waals surface area contributed by atoms with Crippen LogP contribution >= 0.6 is 0 Å². The van der Waals surface area contributed by atoms with Crippen LogP contribution in [0, 0.1) is 13.8 Å². The third kappa shape index (κ3) is 4.32. The van der Waals surface area contributed by atoms with Gasteiger partial charge in [-0.15, -0.1) is 5.10 Å². The highest BCUT2D eigenvalue weighted by atomic mass is 16.2. The summed E-state index contributed by atoms with van der Waals surface area (Å²) in [5.74, 6) is 0.640. The molecule has 2 heterocycles. The molecule has 0 saturated heterocycles. The SMILES string of the molecule is CCCCc1c(C)n(CC(=O)Nc2ccc(C)cc2)c2nc(-c3ccccc3)nn2c1=O. The Morgan fingerprint density at radius 2 is 1.75 bits per heavy atom. The van der Waals surface area contributed by atoms with Crippen molar-refractivity contribution >= 4 is 17.4 Å². The second-order valence-electron chi connectivity index (χ2n) is 7.99. The van der Waals surface area contributed by atoms with Gasteiger partial charge in [0.25, 0.3) is 5.56 Å². The number of unbranched alkanes of at least 4 members (excludes halogenated alkanes) is 1. The lowest BCUT2D eigenvalue weighted by Gasteiger charge is -2.15. The molecule has 1 amide bonds. The van der Waals surface area contributed by atoms with Crippen LogP contribution in [0.4, 0.5) is 5.69 Å². The second-order valence-corrected chi connectivity index (χ2v) is 7.99. The average molecular weight is 430 g/mol. The summed E-state index contributed by atoms with van der Waals surface area (Å²) < 4.78 is 3.12. The summed E-state index contributed by atoms with van der Waals surface area (Å²) in [6.45, 7) is 6.00. The van der Waals surface area contributed by atoms with Crippen molar-refractivity contribution in [1.82, 2.24) is 19.2 Å². The van der Waals surface area contributed by atoms with Gasteiger partial charge in [-0.2, -0.15) is 9.50 Å². The standard InChI is InChI=1S/C25H27N5O2/c1-4-5-11-21-18(3)29(16-22(31)26-20-14-12-17(2)13-15-20)25-27-23(28-30(25)24(21)32)19-9-7-6-8-10-19/h6-10,12-15H,4-5,11,16H2,1-3H3,(H,26,31). The van der Waals surface area contributed by atoms with Gasteiger partial charge in [0.15, 0.2) is 5.82 Å². The average Bonchev–Trinajstić information content (AvgIpc) is 3.25. The molecule has 1 N–H and O–H groups in total. The summed E-state index contributed by atoms with van der Waals surface area (Å²) in [5, 5.41) is 7.42. The van der Waals surface area contributed by atoms with Crippen molar-refractivity contribution < 1.29 is 4.79 Å². The first-order valence-electron chi connectivity index (χ1n) is 10.9. The normalized spacial score (nSPS) is 11.1. The van der Waals surface area contributed by atoms with Crippen LogP contribution in [0.25, 0.3) is 17.2 Å². The van der Waals surface area contributed by atoms with Crippen molar-refractivity contribution in [1.29, 1.82) is 0 Å². The summed E-state index contributed by atoms with van der Waals surface area (Å²) in [4.78, 5) is 30.7. The Balaban J connectivity index is 1.78. The minimum atomic E-state index is -0.187. The lowest BCUT2D eigenvalue weighted by Crippen LogP contribution is -2.29. The minimum Gasteiger partial charge on any atom is -0.325 e. The van der Waals surface area contributed by atoms with Gasteiger partial charge in [-0.3, -0.25) is 9.59 Å². The smallest absolute Gasteiger partial charge is 0.279 e. The number of carbonyl (C=O) groups is 1. The number of anilines is 1. The number of amides is 1. The maximum Gasteiger partial charge on any atom is 0.279 e. The largest absolute Gasteiger partial charge is 0.325 e. The van der Waals surface area contributed by atoms with Crippen LogP contribution < -0.4 is 10.9 Å². The zero-order chi connectivity index (χ0) is 22.7. The summed E-state index contributed by atoms with van der Waals surface area (Å²) in [6, 6.07) is 17.2. The Bertz CT molecular complexity index is 1300. The maximum absolute atomic E-state index is 13.2. The van der Waals surface area contributed by atoms with Gasteiger partial charge in [0, 0.05) is 22.5 Å². The molecule has 0 aliphatic carbocycles. The number of fused-ring (bicyclic) bond motifs is 1. The first-order chi connectivity index (χ1) is 15.5. The lowest BCUT2D eigenvalue weighted by molar-refractivity contribution is -0.116. The van der Waals surface area contributed by atoms with E-state index in [1.54, 1.807) is 4.57 Å². The first kappa shape index (κ1) is 21.5. The molecule has 4 aromatic rings. The van der Waals surface area contributed by atoms with Crippen molar-refractivity contribution in [3.8, 4) is 11.4 Å². The molecule has 7 heteroatoms. The minimum absolute atomic E-state index is 0.0372. The lowest BCUT2D eigenvalue weighted by atomic mass is 10.1. The van der Waals surface area contributed by atoms with E-state index in [1.807, 2.05) is 68.4 Å². The number of nitrogens with zero attached hydrogens (tertiary/aromatic N) is 4. The molecule has 0 bridgehead atoms. The quantitative estimate of drug-likeness (QED) is 0.478. The number of hydrogen-bond acceptors (Lipinski definition) is 4. The third-order valence-electron chi connectivity index (χ3n) is 5.57. The topological polar surface area (TPSA) is 81.3 Å². The van der Waals surface area contributed by atoms with Crippen LogP contribution in [0.3, 0.4) is 0 Å². The second kappa shape index (κ2) is 9.18. The van der Waals surface area contributed by atoms with Gasteiger partial charge in [0.1, 0.15) is 6.54 Å². The Morgan fingerprint density at radius 3 is 2.44 bits per heavy atom. The monoisotopic (exact) mass is 429 g/mol. The molecule has 0 fully saturated rings. The van der Waals surface area contributed by atoms with Crippen LogP contribution in [0.15, 0.2) is 59.4 Å². The molecule has 164 valence electrons. The summed E-state index contributed by atoms with van der Waals surface area (Å²) in [7, 11) is 0. The van der Waals surface area contributed by atoms with Crippen molar-refractivity contribution in [2.75, 3.05) is 5.32 Å². The van der Waals surface area contributed by atoms with E-state index in [2.05, 4.69) is 22.3 Å². The van der Waals surface area contributed by atoms with E-state index in [9.17, 15) is 9.59 Å². The fourth-order valence-electron chi connectivity index (χ4n) is 3.73. The number of nitrogens with one attached hydrogen (secondary N) is 1. The molecule has 0 radical (unpaired) electrons. The predicted octanol–water partition coefficient (Wildman–Crippen LogP) is 4.16. The molecule has 4 rings (SSSR count). The van der Waals surface area contributed by atoms with Crippen LogP contribution in [0.1, 0.15) is 36.6 Å². The van der Waals surface area contributed by atoms with E-state index in [4.69, 9.17) is 0 Å². The van der Waals surface area contributed by atoms with Crippen LogP contribution in [-0.4, -0.2) is 25.1 Å². The van der Waals surface area contributed by atoms with Gasteiger partial charge >= 0.3 is 0 Å². The van der Waals surface area contributed by atoms with Crippen LogP contribution in [0.5, 0.6) is 0 Å². The first-order valence-corrected chi connectivity index (χ1v) is 10.9. The number of hydrogen-bond donors (Lipinski definition) is 1. The summed E-state index contributed by atoms with van der Waals surface area (Å²) in [6.07, 6.45) is 2.49. The predicted molar refractivity (Wildman–Crippen MR) is 126 cm³/mol. The fraction of sp³-hybridized carbons (Fsp3) is 0.280. The zero-order valence-corrected chi connectivity index (χ0v) is 18.6. The van der Waals surface area contributed by atoms with Crippen molar-refractivity contribution in [3.63, 3.8) is 0 Å². The van der Waals surface area contributed by atoms with Crippen molar-refractivity contribution in [2.24, 2.45) is 0 Å². The molecule has 0 aliphatic rings. The molecule has 0 aliphatic heterocycles. The highest BCUT2D eigenvalue weighted by Crippen LogP contribution is 2.18. The number of aryl methyl sites for hydroxylation is 1. The Hall–Kier alpha value is -3.74. The van der Waals surface area contributed by atoms with Crippen molar-refractivity contribution in [3.05, 3.63) is 81.8 Å². The number of benzene rings is 2. The van der Waals surface area contributed by atoms with Crippen LogP contribution in [0.2, 0.25) is 0 Å². The molecule has 2 aromatic carbocycles. The van der Waals surface area contributed by atoms with Gasteiger partial charge < -0.3 is 9.88 Å². The molecule has 0 atom stereocenters. The van der Waals surface area contributed by atoms with E-state index >= 15 is 0 Å². The molecule has 0 spiro atoms. The Labute approximate surface area is 186 Å². The Kier molecular flexibility index (Phi) is 6.16. The number of rotatable bonds is 7.